The molecule has 2 saturated carbocycles. The summed E-state index contributed by atoms with van der Waals surface area (Å²) in [6.07, 6.45) is 5.40. The van der Waals surface area contributed by atoms with Crippen molar-refractivity contribution >= 4 is 5.82 Å². The molecular weight excluding hydrogens is 248 g/mol. The van der Waals surface area contributed by atoms with Gasteiger partial charge in [-0.3, -0.25) is 0 Å². The predicted octanol–water partition coefficient (Wildman–Crippen LogP) is 4.14. The number of fused-ring (bicyclic) bond motifs is 1. The summed E-state index contributed by atoms with van der Waals surface area (Å²) in [5.74, 6) is 3.73. The Morgan fingerprint density at radius 2 is 1.95 bits per heavy atom. The van der Waals surface area contributed by atoms with Crippen LogP contribution in [0.1, 0.15) is 42.9 Å². The van der Waals surface area contributed by atoms with Crippen LogP contribution in [-0.4, -0.2) is 5.16 Å². The van der Waals surface area contributed by atoms with Crippen molar-refractivity contribution in [1.29, 1.82) is 0 Å². The van der Waals surface area contributed by atoms with Gasteiger partial charge in [0.2, 0.25) is 0 Å². The topological polar surface area (TPSA) is 52.0 Å². The van der Waals surface area contributed by atoms with E-state index < -0.39 is 0 Å². The number of nitrogen functional groups attached to an aromatic ring is 1. The third-order valence-electron chi connectivity index (χ3n) is 5.01. The van der Waals surface area contributed by atoms with Crippen molar-refractivity contribution in [2.75, 3.05) is 5.73 Å². The Morgan fingerprint density at radius 1 is 1.20 bits per heavy atom. The molecule has 0 amide bonds. The van der Waals surface area contributed by atoms with Gasteiger partial charge in [-0.2, -0.15) is 0 Å². The van der Waals surface area contributed by atoms with Crippen LogP contribution >= 0.6 is 0 Å². The van der Waals surface area contributed by atoms with Crippen LogP contribution < -0.4 is 5.73 Å². The monoisotopic (exact) mass is 268 g/mol. The first-order chi connectivity index (χ1) is 9.75. The third-order valence-corrected chi connectivity index (χ3v) is 5.01. The lowest BCUT2D eigenvalue weighted by molar-refractivity contribution is 0.381. The molecule has 0 bridgehead atoms. The van der Waals surface area contributed by atoms with Gasteiger partial charge >= 0.3 is 0 Å². The van der Waals surface area contributed by atoms with Crippen LogP contribution in [0.5, 0.6) is 0 Å². The fourth-order valence-corrected chi connectivity index (χ4v) is 4.02. The Morgan fingerprint density at radius 3 is 2.65 bits per heavy atom. The molecule has 0 spiro atoms. The van der Waals surface area contributed by atoms with Gasteiger partial charge in [-0.1, -0.05) is 47.8 Å². The van der Waals surface area contributed by atoms with Crippen molar-refractivity contribution in [1.82, 2.24) is 5.16 Å². The van der Waals surface area contributed by atoms with E-state index in [0.717, 1.165) is 28.7 Å². The first kappa shape index (κ1) is 12.0. The lowest BCUT2D eigenvalue weighted by atomic mass is 10.0. The minimum absolute atomic E-state index is 0.536. The summed E-state index contributed by atoms with van der Waals surface area (Å²) >= 11 is 0. The van der Waals surface area contributed by atoms with E-state index in [2.05, 4.69) is 36.3 Å². The first-order valence-corrected chi connectivity index (χ1v) is 7.58. The maximum Gasteiger partial charge on any atom is 0.175 e. The van der Waals surface area contributed by atoms with E-state index in [1.807, 2.05) is 0 Å². The number of hydrogen-bond donors (Lipinski definition) is 1. The van der Waals surface area contributed by atoms with Gasteiger partial charge in [0.05, 0.1) is 5.56 Å². The van der Waals surface area contributed by atoms with Crippen molar-refractivity contribution in [2.45, 2.75) is 38.5 Å². The second kappa shape index (κ2) is 4.37. The average Bonchev–Trinajstić information content (AvgIpc) is 3.06. The van der Waals surface area contributed by atoms with Gasteiger partial charge < -0.3 is 10.3 Å². The molecule has 3 heteroatoms. The number of aromatic nitrogens is 1. The molecule has 2 fully saturated rings. The lowest BCUT2D eigenvalue weighted by Crippen LogP contribution is -1.91. The van der Waals surface area contributed by atoms with Crippen LogP contribution in [0.4, 0.5) is 5.82 Å². The van der Waals surface area contributed by atoms with Gasteiger partial charge in [-0.15, -0.1) is 0 Å². The smallest absolute Gasteiger partial charge is 0.175 e. The van der Waals surface area contributed by atoms with E-state index in [4.69, 9.17) is 10.3 Å². The van der Waals surface area contributed by atoms with Gasteiger partial charge in [-0.25, -0.2) is 0 Å². The summed E-state index contributed by atoms with van der Waals surface area (Å²) in [6, 6.07) is 8.44. The highest BCUT2D eigenvalue weighted by Crippen LogP contribution is 2.62. The second-order valence-corrected chi connectivity index (χ2v) is 6.31. The largest absolute Gasteiger partial charge is 0.380 e. The fourth-order valence-electron chi connectivity index (χ4n) is 4.02. The predicted molar refractivity (Wildman–Crippen MR) is 79.3 cm³/mol. The zero-order valence-corrected chi connectivity index (χ0v) is 11.8. The molecule has 1 aromatic heterocycles. The number of benzene rings is 1. The normalized spacial score (nSPS) is 28.1. The Bertz CT molecular complexity index is 634. The Hall–Kier alpha value is -1.77. The number of hydrogen-bond acceptors (Lipinski definition) is 3. The maximum atomic E-state index is 6.07. The molecular formula is C17H20N2O. The molecule has 2 unspecified atom stereocenters. The Kier molecular flexibility index (Phi) is 2.62. The highest BCUT2D eigenvalue weighted by atomic mass is 16.5. The number of nitrogens with two attached hydrogens (primary N) is 1. The quantitative estimate of drug-likeness (QED) is 0.890. The molecule has 1 aromatic carbocycles. The molecule has 3 nitrogen and oxygen atoms in total. The van der Waals surface area contributed by atoms with Crippen LogP contribution in [0.25, 0.3) is 11.1 Å². The summed E-state index contributed by atoms with van der Waals surface area (Å²) in [5.41, 5.74) is 9.49. The summed E-state index contributed by atoms with van der Waals surface area (Å²) in [7, 11) is 0. The van der Waals surface area contributed by atoms with Crippen LogP contribution in [0.3, 0.4) is 0 Å². The van der Waals surface area contributed by atoms with Crippen molar-refractivity contribution in [3.63, 3.8) is 0 Å². The molecule has 104 valence electrons. The SMILES string of the molecule is Cc1cccc(-c2c(N)noc2C2C3CCCCC32)c1. The molecule has 1 heterocycles. The minimum atomic E-state index is 0.536. The van der Waals surface area contributed by atoms with Gasteiger partial charge in [0.15, 0.2) is 5.82 Å². The number of anilines is 1. The first-order valence-electron chi connectivity index (χ1n) is 7.58. The number of nitrogens with zero attached hydrogens (tertiary/aromatic N) is 1. The highest BCUT2D eigenvalue weighted by molar-refractivity contribution is 5.76. The Labute approximate surface area is 119 Å². The molecule has 0 saturated heterocycles. The fraction of sp³-hybridized carbons (Fsp3) is 0.471. The third kappa shape index (κ3) is 1.76. The minimum Gasteiger partial charge on any atom is -0.380 e. The molecule has 2 atom stereocenters. The van der Waals surface area contributed by atoms with Gasteiger partial charge in [0.1, 0.15) is 5.76 Å². The standard InChI is InChI=1S/C17H20N2O/c1-10-5-4-6-11(9-10)14-16(20-19-17(14)18)15-12-7-2-3-8-13(12)15/h4-6,9,12-13,15H,2-3,7-8H2,1H3,(H2,18,19). The Balaban J connectivity index is 1.75. The van der Waals surface area contributed by atoms with E-state index in [1.165, 1.54) is 31.2 Å². The molecule has 2 N–H and O–H groups in total. The second-order valence-electron chi connectivity index (χ2n) is 6.31. The maximum absolute atomic E-state index is 6.07. The van der Waals surface area contributed by atoms with Crippen molar-refractivity contribution < 1.29 is 4.52 Å². The van der Waals surface area contributed by atoms with Crippen molar-refractivity contribution in [3.8, 4) is 11.1 Å². The van der Waals surface area contributed by atoms with E-state index >= 15 is 0 Å². The van der Waals surface area contributed by atoms with Gasteiger partial charge in [-0.05, 0) is 37.2 Å². The molecule has 0 radical (unpaired) electrons. The van der Waals surface area contributed by atoms with Gasteiger partial charge in [0.25, 0.3) is 0 Å². The van der Waals surface area contributed by atoms with Crippen molar-refractivity contribution in [3.05, 3.63) is 35.6 Å². The van der Waals surface area contributed by atoms with Gasteiger partial charge in [0, 0.05) is 5.92 Å². The van der Waals surface area contributed by atoms with Crippen molar-refractivity contribution in [2.24, 2.45) is 11.8 Å². The zero-order valence-electron chi connectivity index (χ0n) is 11.8. The molecule has 2 aliphatic carbocycles. The molecule has 20 heavy (non-hydrogen) atoms. The summed E-state index contributed by atoms with van der Waals surface area (Å²) in [6.45, 7) is 2.10. The summed E-state index contributed by atoms with van der Waals surface area (Å²) in [5, 5.41) is 4.04. The van der Waals surface area contributed by atoms with Crippen LogP contribution in [0.2, 0.25) is 0 Å². The van der Waals surface area contributed by atoms with E-state index in [9.17, 15) is 0 Å². The molecule has 2 aromatic rings. The van der Waals surface area contributed by atoms with E-state index in [0.29, 0.717) is 11.7 Å². The van der Waals surface area contributed by atoms with E-state index in [-0.39, 0.29) is 0 Å². The number of rotatable bonds is 2. The summed E-state index contributed by atoms with van der Waals surface area (Å²) < 4.78 is 5.63. The average molecular weight is 268 g/mol. The molecule has 2 aliphatic rings. The van der Waals surface area contributed by atoms with E-state index in [1.54, 1.807) is 0 Å². The highest BCUT2D eigenvalue weighted by Gasteiger charge is 2.54. The van der Waals surface area contributed by atoms with Crippen LogP contribution in [0.15, 0.2) is 28.8 Å². The number of aryl methyl sites for hydroxylation is 1. The van der Waals surface area contributed by atoms with Crippen LogP contribution in [-0.2, 0) is 0 Å². The molecule has 4 rings (SSSR count). The molecule has 0 aliphatic heterocycles. The zero-order chi connectivity index (χ0) is 13.7. The lowest BCUT2D eigenvalue weighted by Gasteiger charge is -2.04. The van der Waals surface area contributed by atoms with Crippen LogP contribution in [0, 0.1) is 18.8 Å². The summed E-state index contributed by atoms with van der Waals surface area (Å²) in [4.78, 5) is 0.